The van der Waals surface area contributed by atoms with Crippen molar-refractivity contribution in [3.63, 3.8) is 0 Å². The van der Waals surface area contributed by atoms with Gasteiger partial charge in [0, 0.05) is 10.0 Å². The van der Waals surface area contributed by atoms with Gasteiger partial charge in [-0.1, -0.05) is 0 Å². The van der Waals surface area contributed by atoms with Crippen molar-refractivity contribution in [2.24, 2.45) is 0 Å². The summed E-state index contributed by atoms with van der Waals surface area (Å²) in [5.41, 5.74) is -0.638. The van der Waals surface area contributed by atoms with Crippen molar-refractivity contribution < 1.29 is 17.6 Å². The minimum Gasteiger partial charge on any atom is -0.333 e. The maximum Gasteiger partial charge on any atom is 0.433 e. The molecule has 0 aliphatic heterocycles. The first kappa shape index (κ1) is 13.5. The van der Waals surface area contributed by atoms with Crippen LogP contribution in [-0.2, 0) is 6.18 Å². The quantitative estimate of drug-likeness (QED) is 0.702. The molecule has 0 spiro atoms. The van der Waals surface area contributed by atoms with E-state index in [1.165, 1.54) is 6.07 Å². The van der Waals surface area contributed by atoms with E-state index in [2.05, 4.69) is 41.8 Å². The summed E-state index contributed by atoms with van der Waals surface area (Å²) in [5.74, 6) is -0.492. The van der Waals surface area contributed by atoms with Crippen LogP contribution in [0.15, 0.2) is 27.3 Å². The van der Waals surface area contributed by atoms with Crippen LogP contribution in [0.3, 0.4) is 0 Å². The van der Waals surface area contributed by atoms with E-state index in [1.807, 2.05) is 0 Å². The Hall–Kier alpha value is -0.890. The Morgan fingerprint density at radius 3 is 2.33 bits per heavy atom. The lowest BCUT2D eigenvalue weighted by Crippen LogP contribution is -2.06. The molecule has 0 saturated heterocycles. The average molecular weight is 388 g/mol. The Morgan fingerprint density at radius 1 is 1.17 bits per heavy atom. The third-order valence-corrected chi connectivity index (χ3v) is 3.36. The number of H-pyrrole nitrogens is 1. The molecule has 0 radical (unpaired) electrons. The first-order chi connectivity index (χ1) is 8.29. The molecular weight excluding hydrogens is 384 g/mol. The predicted octanol–water partition coefficient (Wildman–Crippen LogP) is 4.76. The van der Waals surface area contributed by atoms with E-state index in [-0.39, 0.29) is 10.4 Å². The molecule has 1 N–H and O–H groups in total. The number of hydrogen-bond acceptors (Lipinski definition) is 1. The summed E-state index contributed by atoms with van der Waals surface area (Å²) in [5, 5.41) is 0. The molecule has 8 heteroatoms. The van der Waals surface area contributed by atoms with Crippen LogP contribution in [0.1, 0.15) is 5.69 Å². The topological polar surface area (TPSA) is 28.7 Å². The molecule has 0 amide bonds. The van der Waals surface area contributed by atoms with Gasteiger partial charge in [0.15, 0.2) is 5.69 Å². The number of aromatic nitrogens is 2. The van der Waals surface area contributed by atoms with Crippen molar-refractivity contribution in [1.29, 1.82) is 0 Å². The van der Waals surface area contributed by atoms with Gasteiger partial charge in [0.05, 0.1) is 0 Å². The third-order valence-electron chi connectivity index (χ3n) is 2.13. The largest absolute Gasteiger partial charge is 0.433 e. The second-order valence-electron chi connectivity index (χ2n) is 3.37. The van der Waals surface area contributed by atoms with E-state index in [0.29, 0.717) is 10.0 Å². The van der Waals surface area contributed by atoms with Gasteiger partial charge >= 0.3 is 6.18 Å². The maximum absolute atomic E-state index is 12.9. The van der Waals surface area contributed by atoms with Crippen molar-refractivity contribution in [3.8, 4) is 11.4 Å². The second-order valence-corrected chi connectivity index (χ2v) is 4.98. The van der Waals surface area contributed by atoms with Crippen LogP contribution in [0.5, 0.6) is 0 Å². The van der Waals surface area contributed by atoms with Crippen LogP contribution in [0.25, 0.3) is 11.4 Å². The van der Waals surface area contributed by atoms with Gasteiger partial charge in [-0.05, 0) is 50.1 Å². The lowest BCUT2D eigenvalue weighted by atomic mass is 10.2. The van der Waals surface area contributed by atoms with E-state index < -0.39 is 17.7 Å². The number of benzene rings is 1. The van der Waals surface area contributed by atoms with Gasteiger partial charge in [-0.2, -0.15) is 13.2 Å². The summed E-state index contributed by atoms with van der Waals surface area (Å²) < 4.78 is 50.6. The molecule has 18 heavy (non-hydrogen) atoms. The fourth-order valence-corrected chi connectivity index (χ4v) is 2.39. The molecule has 0 fully saturated rings. The van der Waals surface area contributed by atoms with Crippen molar-refractivity contribution in [2.75, 3.05) is 0 Å². The van der Waals surface area contributed by atoms with Crippen LogP contribution < -0.4 is 0 Å². The summed E-state index contributed by atoms with van der Waals surface area (Å²) in [6, 6.07) is 3.63. The minimum absolute atomic E-state index is 0.000995. The second kappa shape index (κ2) is 4.65. The van der Waals surface area contributed by atoms with Gasteiger partial charge < -0.3 is 4.98 Å². The first-order valence-corrected chi connectivity index (χ1v) is 6.16. The minimum atomic E-state index is -4.53. The lowest BCUT2D eigenvalue weighted by molar-refractivity contribution is -0.141. The standard InChI is InChI=1S/C10H4Br2F4N2/c11-6-3-4(13)1-2-5(6)9-17-7(8(12)18-9)10(14,15)16/h1-3H,(H,17,18). The van der Waals surface area contributed by atoms with Gasteiger partial charge in [-0.3, -0.25) is 0 Å². The Balaban J connectivity index is 2.53. The molecule has 1 heterocycles. The summed E-state index contributed by atoms with van der Waals surface area (Å²) >= 11 is 5.81. The van der Waals surface area contributed by atoms with Crippen LogP contribution in [0.2, 0.25) is 0 Å². The number of imidazole rings is 1. The van der Waals surface area contributed by atoms with Crippen molar-refractivity contribution in [1.82, 2.24) is 9.97 Å². The zero-order valence-corrected chi connectivity index (χ0v) is 11.6. The van der Waals surface area contributed by atoms with Gasteiger partial charge in [0.25, 0.3) is 0 Å². The maximum atomic E-state index is 12.9. The molecule has 1 aromatic carbocycles. The average Bonchev–Trinajstić information content (AvgIpc) is 2.59. The number of rotatable bonds is 1. The van der Waals surface area contributed by atoms with E-state index >= 15 is 0 Å². The van der Waals surface area contributed by atoms with Gasteiger partial charge in [-0.15, -0.1) is 0 Å². The molecular formula is C10H4Br2F4N2. The highest BCUT2D eigenvalue weighted by molar-refractivity contribution is 9.10. The number of aromatic amines is 1. The molecule has 2 aromatic rings. The summed E-state index contributed by atoms with van der Waals surface area (Å²) in [7, 11) is 0. The lowest BCUT2D eigenvalue weighted by Gasteiger charge is -2.03. The van der Waals surface area contributed by atoms with Gasteiger partial charge in [0.1, 0.15) is 16.2 Å². The van der Waals surface area contributed by atoms with Gasteiger partial charge in [0.2, 0.25) is 0 Å². The van der Waals surface area contributed by atoms with Crippen LogP contribution >= 0.6 is 31.9 Å². The highest BCUT2D eigenvalue weighted by atomic mass is 79.9. The highest BCUT2D eigenvalue weighted by Crippen LogP contribution is 2.36. The number of nitrogens with zero attached hydrogens (tertiary/aromatic N) is 1. The number of halogens is 6. The zero-order valence-electron chi connectivity index (χ0n) is 8.45. The Labute approximate surface area is 116 Å². The monoisotopic (exact) mass is 386 g/mol. The molecule has 1 aromatic heterocycles. The molecule has 0 unspecified atom stereocenters. The fraction of sp³-hybridized carbons (Fsp3) is 0.100. The van der Waals surface area contributed by atoms with Crippen LogP contribution in [0.4, 0.5) is 17.6 Å². The number of alkyl halides is 3. The van der Waals surface area contributed by atoms with Crippen LogP contribution in [-0.4, -0.2) is 9.97 Å². The Bertz CT molecular complexity index is 592. The normalized spacial score (nSPS) is 11.9. The Kier molecular flexibility index (Phi) is 3.50. The first-order valence-electron chi connectivity index (χ1n) is 4.57. The molecule has 0 aliphatic rings. The predicted molar refractivity (Wildman–Crippen MR) is 64.4 cm³/mol. The van der Waals surface area contributed by atoms with E-state index in [4.69, 9.17) is 0 Å². The molecule has 0 aliphatic carbocycles. The molecule has 0 bridgehead atoms. The van der Waals surface area contributed by atoms with Crippen molar-refractivity contribution in [2.45, 2.75) is 6.18 Å². The van der Waals surface area contributed by atoms with E-state index in [0.717, 1.165) is 12.1 Å². The molecule has 0 atom stereocenters. The van der Waals surface area contributed by atoms with E-state index in [1.54, 1.807) is 0 Å². The fourth-order valence-electron chi connectivity index (χ4n) is 1.35. The SMILES string of the molecule is Fc1ccc(-c2nc(Br)c(C(F)(F)F)[nH]2)c(Br)c1. The van der Waals surface area contributed by atoms with Crippen molar-refractivity contribution >= 4 is 31.9 Å². The van der Waals surface area contributed by atoms with Crippen molar-refractivity contribution in [3.05, 3.63) is 38.8 Å². The number of nitrogens with one attached hydrogen (secondary N) is 1. The summed E-state index contributed by atoms with van der Waals surface area (Å²) in [6.07, 6.45) is -4.53. The highest BCUT2D eigenvalue weighted by Gasteiger charge is 2.36. The Morgan fingerprint density at radius 2 is 1.83 bits per heavy atom. The third kappa shape index (κ3) is 2.59. The summed E-state index contributed by atoms with van der Waals surface area (Å²) in [6.45, 7) is 0. The van der Waals surface area contributed by atoms with E-state index in [9.17, 15) is 17.6 Å². The molecule has 96 valence electrons. The summed E-state index contributed by atoms with van der Waals surface area (Å²) in [4.78, 5) is 5.89. The zero-order chi connectivity index (χ0) is 13.5. The molecule has 2 nitrogen and oxygen atoms in total. The number of hydrogen-bond donors (Lipinski definition) is 1. The smallest absolute Gasteiger partial charge is 0.333 e. The van der Waals surface area contributed by atoms with Gasteiger partial charge in [-0.25, -0.2) is 9.37 Å². The van der Waals surface area contributed by atoms with Crippen LogP contribution in [0, 0.1) is 5.82 Å². The molecule has 2 rings (SSSR count). The molecule has 0 saturated carbocycles.